The number of aromatic amines is 1. The van der Waals surface area contributed by atoms with Crippen LogP contribution in [-0.2, 0) is 24.2 Å². The monoisotopic (exact) mass is 441 g/mol. The lowest BCUT2D eigenvalue weighted by Gasteiger charge is -2.31. The van der Waals surface area contributed by atoms with Crippen LogP contribution in [0.4, 0.5) is 0 Å². The van der Waals surface area contributed by atoms with Crippen LogP contribution in [0.1, 0.15) is 47.2 Å². The van der Waals surface area contributed by atoms with Crippen molar-refractivity contribution >= 4 is 11.8 Å². The number of aliphatic hydroxyl groups is 1. The van der Waals surface area contributed by atoms with E-state index in [1.54, 1.807) is 13.0 Å². The van der Waals surface area contributed by atoms with E-state index in [9.17, 15) is 14.7 Å². The number of carbonyl (C=O) groups is 2. The van der Waals surface area contributed by atoms with Gasteiger partial charge in [0.15, 0.2) is 0 Å². The standard InChI is InChI=1S/C22H31N7O3/c1-15(30)29-6-2-16(3-7-29)8-18-9-21(25-14-24-18)22(32)23-11-19(31)13-28-5-4-20-17(12-28)10-26-27-20/h9-10,14,16,19,31H,2-8,11-13H2,1H3,(H,23,32)(H,26,27)/t19-/m0/s1. The van der Waals surface area contributed by atoms with E-state index in [0.29, 0.717) is 18.2 Å². The Kier molecular flexibility index (Phi) is 7.11. The average Bonchev–Trinajstić information content (AvgIpc) is 3.26. The first-order chi connectivity index (χ1) is 15.5. The summed E-state index contributed by atoms with van der Waals surface area (Å²) in [6, 6.07) is 1.73. The predicted octanol–water partition coefficient (Wildman–Crippen LogP) is 0.150. The van der Waals surface area contributed by atoms with Gasteiger partial charge >= 0.3 is 0 Å². The highest BCUT2D eigenvalue weighted by molar-refractivity contribution is 5.92. The number of carbonyl (C=O) groups excluding carboxylic acids is 2. The van der Waals surface area contributed by atoms with Crippen LogP contribution in [-0.4, -0.2) is 85.7 Å². The lowest BCUT2D eigenvalue weighted by Crippen LogP contribution is -2.42. The third-order valence-electron chi connectivity index (χ3n) is 6.36. The first-order valence-corrected chi connectivity index (χ1v) is 11.2. The molecule has 172 valence electrons. The number of rotatable bonds is 7. The second-order valence-electron chi connectivity index (χ2n) is 8.77. The number of amides is 2. The molecule has 0 aliphatic carbocycles. The molecule has 2 aromatic heterocycles. The van der Waals surface area contributed by atoms with Gasteiger partial charge in [-0.1, -0.05) is 0 Å². The minimum Gasteiger partial charge on any atom is -0.390 e. The van der Waals surface area contributed by atoms with Crippen molar-refractivity contribution in [2.45, 2.75) is 45.3 Å². The fraction of sp³-hybridized carbons (Fsp3) is 0.591. The van der Waals surface area contributed by atoms with E-state index >= 15 is 0 Å². The fourth-order valence-corrected chi connectivity index (χ4v) is 4.48. The molecule has 3 N–H and O–H groups in total. The Balaban J connectivity index is 1.23. The molecule has 4 heterocycles. The molecule has 10 nitrogen and oxygen atoms in total. The van der Waals surface area contributed by atoms with Gasteiger partial charge in [0, 0.05) is 69.6 Å². The third-order valence-corrected chi connectivity index (χ3v) is 6.36. The van der Waals surface area contributed by atoms with Crippen LogP contribution in [0.15, 0.2) is 18.6 Å². The van der Waals surface area contributed by atoms with Crippen LogP contribution in [0, 0.1) is 5.92 Å². The Bertz CT molecular complexity index is 939. The molecule has 1 atom stereocenters. The molecule has 0 spiro atoms. The number of fused-ring (bicyclic) bond motifs is 1. The molecule has 0 aromatic carbocycles. The van der Waals surface area contributed by atoms with E-state index in [-0.39, 0.29) is 18.4 Å². The van der Waals surface area contributed by atoms with Gasteiger partial charge in [-0.2, -0.15) is 5.10 Å². The fourth-order valence-electron chi connectivity index (χ4n) is 4.48. The van der Waals surface area contributed by atoms with Crippen molar-refractivity contribution in [3.05, 3.63) is 41.2 Å². The van der Waals surface area contributed by atoms with Crippen molar-refractivity contribution in [1.29, 1.82) is 0 Å². The van der Waals surface area contributed by atoms with Crippen LogP contribution in [0.25, 0.3) is 0 Å². The van der Waals surface area contributed by atoms with E-state index < -0.39 is 6.10 Å². The van der Waals surface area contributed by atoms with Crippen LogP contribution in [0.2, 0.25) is 0 Å². The highest BCUT2D eigenvalue weighted by atomic mass is 16.3. The van der Waals surface area contributed by atoms with Crippen molar-refractivity contribution in [3.63, 3.8) is 0 Å². The summed E-state index contributed by atoms with van der Waals surface area (Å²) in [7, 11) is 0. The summed E-state index contributed by atoms with van der Waals surface area (Å²) in [4.78, 5) is 36.5. The van der Waals surface area contributed by atoms with Crippen LogP contribution in [0.5, 0.6) is 0 Å². The quantitative estimate of drug-likeness (QED) is 0.558. The van der Waals surface area contributed by atoms with Crippen LogP contribution < -0.4 is 5.32 Å². The normalized spacial score (nSPS) is 18.2. The second-order valence-corrected chi connectivity index (χ2v) is 8.77. The van der Waals surface area contributed by atoms with Gasteiger partial charge in [-0.05, 0) is 31.2 Å². The number of aliphatic hydroxyl groups excluding tert-OH is 1. The smallest absolute Gasteiger partial charge is 0.270 e. The number of nitrogens with zero attached hydrogens (tertiary/aromatic N) is 5. The molecule has 2 aliphatic heterocycles. The Morgan fingerprint density at radius 2 is 2.09 bits per heavy atom. The number of likely N-dealkylation sites (tertiary alicyclic amines) is 1. The lowest BCUT2D eigenvalue weighted by molar-refractivity contribution is -0.130. The van der Waals surface area contributed by atoms with Gasteiger partial charge in [0.05, 0.1) is 12.3 Å². The van der Waals surface area contributed by atoms with Crippen LogP contribution in [0.3, 0.4) is 0 Å². The zero-order valence-electron chi connectivity index (χ0n) is 18.5. The lowest BCUT2D eigenvalue weighted by atomic mass is 9.92. The van der Waals surface area contributed by atoms with E-state index in [0.717, 1.165) is 68.8 Å². The summed E-state index contributed by atoms with van der Waals surface area (Å²) in [5.74, 6) is 0.256. The van der Waals surface area contributed by atoms with Gasteiger partial charge < -0.3 is 15.3 Å². The molecular weight excluding hydrogens is 410 g/mol. The molecule has 0 unspecified atom stereocenters. The summed E-state index contributed by atoms with van der Waals surface area (Å²) in [6.45, 7) is 5.40. The first kappa shape index (κ1) is 22.3. The summed E-state index contributed by atoms with van der Waals surface area (Å²) in [6.07, 6.45) is 6.10. The Morgan fingerprint density at radius 1 is 1.28 bits per heavy atom. The van der Waals surface area contributed by atoms with Gasteiger partial charge in [0.1, 0.15) is 12.0 Å². The number of H-pyrrole nitrogens is 1. The van der Waals surface area contributed by atoms with Gasteiger partial charge in [-0.3, -0.25) is 19.6 Å². The Morgan fingerprint density at radius 3 is 2.88 bits per heavy atom. The molecule has 0 radical (unpaired) electrons. The molecule has 10 heteroatoms. The average molecular weight is 442 g/mol. The van der Waals surface area contributed by atoms with Gasteiger partial charge in [0.25, 0.3) is 5.91 Å². The number of piperidine rings is 1. The molecular formula is C22H31N7O3. The van der Waals surface area contributed by atoms with E-state index in [4.69, 9.17) is 0 Å². The van der Waals surface area contributed by atoms with Gasteiger partial charge in [-0.25, -0.2) is 9.97 Å². The Hall–Kier alpha value is -2.85. The Labute approximate surface area is 187 Å². The van der Waals surface area contributed by atoms with E-state index in [2.05, 4.69) is 30.4 Å². The molecule has 2 aliphatic rings. The molecule has 32 heavy (non-hydrogen) atoms. The van der Waals surface area contributed by atoms with E-state index in [1.807, 2.05) is 11.1 Å². The third kappa shape index (κ3) is 5.68. The van der Waals surface area contributed by atoms with Crippen molar-refractivity contribution in [2.75, 3.05) is 32.7 Å². The highest BCUT2D eigenvalue weighted by Crippen LogP contribution is 2.21. The zero-order chi connectivity index (χ0) is 22.5. The maximum absolute atomic E-state index is 12.5. The van der Waals surface area contributed by atoms with Gasteiger partial charge in [0.2, 0.25) is 5.91 Å². The van der Waals surface area contributed by atoms with Crippen molar-refractivity contribution < 1.29 is 14.7 Å². The van der Waals surface area contributed by atoms with Crippen molar-refractivity contribution in [3.8, 4) is 0 Å². The second kappa shape index (κ2) is 10.2. The number of aromatic nitrogens is 4. The summed E-state index contributed by atoms with van der Waals surface area (Å²) < 4.78 is 0. The van der Waals surface area contributed by atoms with Crippen LogP contribution >= 0.6 is 0 Å². The SMILES string of the molecule is CC(=O)N1CCC(Cc2cc(C(=O)NC[C@H](O)CN3CCc4[nH]ncc4C3)ncn2)CC1. The molecule has 2 amide bonds. The predicted molar refractivity (Wildman–Crippen MR) is 117 cm³/mol. The van der Waals surface area contributed by atoms with Crippen molar-refractivity contribution in [2.24, 2.45) is 5.92 Å². The zero-order valence-corrected chi connectivity index (χ0v) is 18.5. The van der Waals surface area contributed by atoms with Gasteiger partial charge in [-0.15, -0.1) is 0 Å². The molecule has 1 saturated heterocycles. The summed E-state index contributed by atoms with van der Waals surface area (Å²) in [5, 5.41) is 20.2. The number of hydrogen-bond donors (Lipinski definition) is 3. The molecule has 2 aromatic rings. The summed E-state index contributed by atoms with van der Waals surface area (Å²) >= 11 is 0. The molecule has 0 saturated carbocycles. The maximum atomic E-state index is 12.5. The maximum Gasteiger partial charge on any atom is 0.270 e. The molecule has 1 fully saturated rings. The number of hydrogen-bond acceptors (Lipinski definition) is 7. The number of nitrogens with one attached hydrogen (secondary N) is 2. The topological polar surface area (TPSA) is 127 Å². The minimum absolute atomic E-state index is 0.123. The van der Waals surface area contributed by atoms with Crippen molar-refractivity contribution in [1.82, 2.24) is 35.3 Å². The first-order valence-electron chi connectivity index (χ1n) is 11.2. The number of β-amino-alcohol motifs (C(OH)–C–C–N with tert-alkyl or cyclic N) is 1. The molecule has 0 bridgehead atoms. The molecule has 4 rings (SSSR count). The summed E-state index contributed by atoms with van der Waals surface area (Å²) in [5.41, 5.74) is 3.46. The minimum atomic E-state index is -0.667. The highest BCUT2D eigenvalue weighted by Gasteiger charge is 2.23. The van der Waals surface area contributed by atoms with E-state index in [1.165, 1.54) is 6.33 Å². The largest absolute Gasteiger partial charge is 0.390 e.